The number of carbonyl (C=O) groups excluding carboxylic acids is 2. The van der Waals surface area contributed by atoms with Crippen molar-refractivity contribution in [3.05, 3.63) is 60.8 Å². The number of amides is 1. The molecule has 0 aliphatic rings. The minimum atomic E-state index is -0.844. The molecule has 0 heterocycles. The molecule has 6 nitrogen and oxygen atoms in total. The summed E-state index contributed by atoms with van der Waals surface area (Å²) in [5, 5.41) is 23.1. The number of rotatable bonds is 63. The normalized spacial score (nSPS) is 12.9. The highest BCUT2D eigenvalue weighted by Crippen LogP contribution is 2.17. The van der Waals surface area contributed by atoms with Crippen molar-refractivity contribution >= 4 is 11.9 Å². The Hall–Kier alpha value is -2.44. The van der Waals surface area contributed by atoms with Crippen LogP contribution in [0.2, 0.25) is 0 Å². The SMILES string of the molecule is CCCCC/C=C\C/C=C\CCCCCCCCCC(=O)OCCCCCCCCCCC/C=C\C/C=C\CCCCCCCCCCCCCCCCCC(=O)NC(CO)C(O)/C=C/CCCCCCCCCCCC. The molecule has 0 fully saturated rings. The fourth-order valence-electron chi connectivity index (χ4n) is 10.3. The summed E-state index contributed by atoms with van der Waals surface area (Å²) in [5.74, 6) is -0.0630. The zero-order valence-corrected chi connectivity index (χ0v) is 51.4. The summed E-state index contributed by atoms with van der Waals surface area (Å²) in [6, 6.07) is -0.627. The largest absolute Gasteiger partial charge is 0.466 e. The van der Waals surface area contributed by atoms with E-state index >= 15 is 0 Å². The Balaban J connectivity index is 3.40. The van der Waals surface area contributed by atoms with Crippen LogP contribution in [-0.4, -0.2) is 47.4 Å². The first kappa shape index (κ1) is 74.6. The number of unbranched alkanes of at least 4 members (excludes halogenated alkanes) is 44. The van der Waals surface area contributed by atoms with Crippen LogP contribution in [0, 0.1) is 0 Å². The summed E-state index contributed by atoms with van der Waals surface area (Å²) in [7, 11) is 0. The molecule has 0 aromatic carbocycles. The Kier molecular flexibility index (Phi) is 64.0. The molecular weight excluding hydrogens is 947 g/mol. The van der Waals surface area contributed by atoms with Crippen molar-refractivity contribution in [1.29, 1.82) is 0 Å². The summed E-state index contributed by atoms with van der Waals surface area (Å²) >= 11 is 0. The van der Waals surface area contributed by atoms with Gasteiger partial charge in [0.15, 0.2) is 0 Å². The zero-order chi connectivity index (χ0) is 55.7. The van der Waals surface area contributed by atoms with Crippen LogP contribution in [0.3, 0.4) is 0 Å². The van der Waals surface area contributed by atoms with E-state index in [-0.39, 0.29) is 18.5 Å². The predicted molar refractivity (Wildman–Crippen MR) is 338 cm³/mol. The fraction of sp³-hybridized carbons (Fsp3) is 0.831. The van der Waals surface area contributed by atoms with Crippen molar-refractivity contribution < 1.29 is 24.5 Å². The van der Waals surface area contributed by atoms with E-state index in [0.29, 0.717) is 19.4 Å². The molecule has 450 valence electrons. The van der Waals surface area contributed by atoms with Gasteiger partial charge >= 0.3 is 5.97 Å². The second kappa shape index (κ2) is 66.1. The van der Waals surface area contributed by atoms with Crippen molar-refractivity contribution in [3.63, 3.8) is 0 Å². The summed E-state index contributed by atoms with van der Waals surface area (Å²) in [6.45, 7) is 4.88. The Morgan fingerprint density at radius 1 is 0.364 bits per heavy atom. The smallest absolute Gasteiger partial charge is 0.305 e. The first-order valence-corrected chi connectivity index (χ1v) is 34.1. The molecule has 0 bridgehead atoms. The predicted octanol–water partition coefficient (Wildman–Crippen LogP) is 21.9. The van der Waals surface area contributed by atoms with E-state index in [9.17, 15) is 19.8 Å². The van der Waals surface area contributed by atoms with E-state index in [2.05, 4.69) is 67.8 Å². The highest BCUT2D eigenvalue weighted by atomic mass is 16.5. The molecule has 0 aliphatic heterocycles. The Morgan fingerprint density at radius 2 is 0.649 bits per heavy atom. The van der Waals surface area contributed by atoms with Gasteiger partial charge in [-0.05, 0) is 96.3 Å². The average molecular weight is 1080 g/mol. The number of aliphatic hydroxyl groups is 2. The van der Waals surface area contributed by atoms with Gasteiger partial charge in [0.2, 0.25) is 5.91 Å². The maximum atomic E-state index is 12.4. The van der Waals surface area contributed by atoms with E-state index in [0.717, 1.165) is 57.8 Å². The first-order chi connectivity index (χ1) is 38.0. The maximum Gasteiger partial charge on any atom is 0.305 e. The topological polar surface area (TPSA) is 95.9 Å². The summed E-state index contributed by atoms with van der Waals surface area (Å²) < 4.78 is 5.49. The zero-order valence-electron chi connectivity index (χ0n) is 51.4. The van der Waals surface area contributed by atoms with Crippen LogP contribution in [0.25, 0.3) is 0 Å². The van der Waals surface area contributed by atoms with E-state index in [4.69, 9.17) is 4.74 Å². The molecule has 0 saturated carbocycles. The number of carbonyl (C=O) groups is 2. The molecule has 2 unspecified atom stereocenters. The van der Waals surface area contributed by atoms with Crippen LogP contribution in [0.1, 0.15) is 354 Å². The van der Waals surface area contributed by atoms with Gasteiger partial charge in [-0.2, -0.15) is 0 Å². The summed E-state index contributed by atoms with van der Waals surface area (Å²) in [4.78, 5) is 24.5. The van der Waals surface area contributed by atoms with Crippen LogP contribution < -0.4 is 5.32 Å². The molecule has 0 radical (unpaired) electrons. The molecule has 0 aromatic rings. The van der Waals surface area contributed by atoms with Gasteiger partial charge < -0.3 is 20.3 Å². The quantitative estimate of drug-likeness (QED) is 0.0320. The molecule has 0 rings (SSSR count). The average Bonchev–Trinajstić information content (AvgIpc) is 3.43. The van der Waals surface area contributed by atoms with Gasteiger partial charge in [-0.1, -0.05) is 306 Å². The third kappa shape index (κ3) is 62.6. The van der Waals surface area contributed by atoms with Crippen LogP contribution in [0.5, 0.6) is 0 Å². The van der Waals surface area contributed by atoms with Crippen molar-refractivity contribution in [2.24, 2.45) is 0 Å². The molecule has 0 aromatic heterocycles. The molecule has 3 N–H and O–H groups in total. The minimum Gasteiger partial charge on any atom is -0.466 e. The van der Waals surface area contributed by atoms with Crippen molar-refractivity contribution in [2.75, 3.05) is 13.2 Å². The lowest BCUT2D eigenvalue weighted by molar-refractivity contribution is -0.143. The van der Waals surface area contributed by atoms with Crippen LogP contribution in [-0.2, 0) is 14.3 Å². The van der Waals surface area contributed by atoms with E-state index in [1.165, 1.54) is 270 Å². The van der Waals surface area contributed by atoms with Crippen molar-refractivity contribution in [1.82, 2.24) is 5.32 Å². The number of ether oxygens (including phenoxy) is 1. The van der Waals surface area contributed by atoms with E-state index in [1.807, 2.05) is 6.08 Å². The molecular formula is C71H131NO5. The van der Waals surface area contributed by atoms with Crippen molar-refractivity contribution in [3.8, 4) is 0 Å². The Morgan fingerprint density at radius 3 is 1.01 bits per heavy atom. The van der Waals surface area contributed by atoms with E-state index < -0.39 is 12.1 Å². The molecule has 0 saturated heterocycles. The third-order valence-corrected chi connectivity index (χ3v) is 15.5. The number of hydrogen-bond donors (Lipinski definition) is 3. The number of hydrogen-bond acceptors (Lipinski definition) is 5. The van der Waals surface area contributed by atoms with Gasteiger partial charge in [0.1, 0.15) is 0 Å². The number of aliphatic hydroxyl groups excluding tert-OH is 2. The Bertz CT molecular complexity index is 1340. The lowest BCUT2D eigenvalue weighted by Gasteiger charge is -2.20. The fourth-order valence-corrected chi connectivity index (χ4v) is 10.3. The first-order valence-electron chi connectivity index (χ1n) is 34.1. The number of esters is 1. The molecule has 0 spiro atoms. The molecule has 2 atom stereocenters. The van der Waals surface area contributed by atoms with Crippen molar-refractivity contribution in [2.45, 2.75) is 366 Å². The molecule has 6 heteroatoms. The lowest BCUT2D eigenvalue weighted by Crippen LogP contribution is -2.45. The van der Waals surface area contributed by atoms with Gasteiger partial charge in [-0.3, -0.25) is 9.59 Å². The second-order valence-electron chi connectivity index (χ2n) is 23.1. The maximum absolute atomic E-state index is 12.4. The molecule has 1 amide bonds. The highest BCUT2D eigenvalue weighted by Gasteiger charge is 2.18. The van der Waals surface area contributed by atoms with Crippen LogP contribution >= 0.6 is 0 Å². The third-order valence-electron chi connectivity index (χ3n) is 15.5. The summed E-state index contributed by atoms with van der Waals surface area (Å²) in [6.07, 6.45) is 87.2. The standard InChI is InChI=1S/C71H131NO5/c1-3-5-7-9-11-13-15-17-18-34-38-41-45-49-53-57-61-65-71(76)77-66-62-58-54-50-46-42-39-36-33-31-29-27-25-23-21-19-20-22-24-26-28-30-32-35-37-40-44-48-52-56-60-64-70(75)72-68(67-73)69(74)63-59-55-51-47-43-16-14-12-10-8-6-4-2/h11,13,17-18,21,23,27,29,59,63,68-69,73-74H,3-10,12,14-16,19-20,22,24-26,28,30-58,60-62,64-67H2,1-2H3,(H,72,75)/b13-11-,18-17-,23-21-,29-27-,63-59+. The van der Waals surface area contributed by atoms with Crippen LogP contribution in [0.4, 0.5) is 0 Å². The minimum absolute atomic E-state index is 0.00477. The number of nitrogens with one attached hydrogen (secondary N) is 1. The van der Waals surface area contributed by atoms with Crippen LogP contribution in [0.15, 0.2) is 60.8 Å². The van der Waals surface area contributed by atoms with Gasteiger partial charge in [0, 0.05) is 12.8 Å². The van der Waals surface area contributed by atoms with E-state index in [1.54, 1.807) is 6.08 Å². The lowest BCUT2D eigenvalue weighted by atomic mass is 10.0. The van der Waals surface area contributed by atoms with Gasteiger partial charge in [-0.25, -0.2) is 0 Å². The second-order valence-corrected chi connectivity index (χ2v) is 23.1. The van der Waals surface area contributed by atoms with Gasteiger partial charge in [-0.15, -0.1) is 0 Å². The highest BCUT2D eigenvalue weighted by molar-refractivity contribution is 5.76. The molecule has 77 heavy (non-hydrogen) atoms. The monoisotopic (exact) mass is 1080 g/mol. The van der Waals surface area contributed by atoms with Gasteiger partial charge in [0.05, 0.1) is 25.4 Å². The Labute approximate surface area is 479 Å². The molecule has 0 aliphatic carbocycles. The summed E-state index contributed by atoms with van der Waals surface area (Å²) in [5.41, 5.74) is 0. The number of allylic oxidation sites excluding steroid dienone is 9. The van der Waals surface area contributed by atoms with Gasteiger partial charge in [0.25, 0.3) is 0 Å².